The fraction of sp³-hybridized carbons (Fsp3) is 1.00. The van der Waals surface area contributed by atoms with Crippen LogP contribution in [0.15, 0.2) is 0 Å². The summed E-state index contributed by atoms with van der Waals surface area (Å²) < 4.78 is 5.18. The van der Waals surface area contributed by atoms with Crippen LogP contribution in [0.1, 0.15) is 32.6 Å². The van der Waals surface area contributed by atoms with E-state index in [2.05, 4.69) is 12.2 Å². The van der Waals surface area contributed by atoms with Gasteiger partial charge in [-0.05, 0) is 38.1 Å². The summed E-state index contributed by atoms with van der Waals surface area (Å²) in [6.45, 7) is 4.73. The van der Waals surface area contributed by atoms with Crippen molar-refractivity contribution >= 4 is 0 Å². The molecule has 1 rings (SSSR count). The van der Waals surface area contributed by atoms with Gasteiger partial charge in [0.05, 0.1) is 13.2 Å². The highest BCUT2D eigenvalue weighted by Gasteiger charge is 2.19. The van der Waals surface area contributed by atoms with Crippen LogP contribution in [0.2, 0.25) is 0 Å². The minimum Gasteiger partial charge on any atom is -0.394 e. The molecular formula is C11H23NO2. The lowest BCUT2D eigenvalue weighted by Crippen LogP contribution is -2.28. The maximum atomic E-state index is 8.48. The molecule has 2 atom stereocenters. The molecule has 0 heterocycles. The molecule has 0 bridgehead atoms. The number of rotatable bonds is 7. The van der Waals surface area contributed by atoms with Crippen LogP contribution in [0.3, 0.4) is 0 Å². The molecule has 3 nitrogen and oxygen atoms in total. The summed E-state index contributed by atoms with van der Waals surface area (Å²) in [5, 5.41) is 12.0. The van der Waals surface area contributed by atoms with E-state index < -0.39 is 0 Å². The maximum absolute atomic E-state index is 8.48. The summed E-state index contributed by atoms with van der Waals surface area (Å²) in [5.41, 5.74) is 0. The molecule has 0 aromatic heterocycles. The first-order valence-corrected chi connectivity index (χ1v) is 5.75. The molecule has 0 aromatic carbocycles. The Balaban J connectivity index is 1.84. The zero-order valence-electron chi connectivity index (χ0n) is 9.17. The number of ether oxygens (including phenoxy) is 1. The summed E-state index contributed by atoms with van der Waals surface area (Å²) in [6.07, 6.45) is 5.08. The molecule has 0 radical (unpaired) electrons. The van der Waals surface area contributed by atoms with Crippen LogP contribution in [-0.2, 0) is 4.74 Å². The van der Waals surface area contributed by atoms with Gasteiger partial charge in [0.1, 0.15) is 0 Å². The van der Waals surface area contributed by atoms with Gasteiger partial charge in [-0.2, -0.15) is 0 Å². The molecule has 1 saturated carbocycles. The predicted molar refractivity (Wildman–Crippen MR) is 57.3 cm³/mol. The van der Waals surface area contributed by atoms with E-state index in [0.717, 1.165) is 31.5 Å². The molecule has 14 heavy (non-hydrogen) atoms. The van der Waals surface area contributed by atoms with Crippen LogP contribution >= 0.6 is 0 Å². The fourth-order valence-electron chi connectivity index (χ4n) is 2.04. The first-order chi connectivity index (χ1) is 6.83. The maximum Gasteiger partial charge on any atom is 0.0697 e. The quantitative estimate of drug-likeness (QED) is 0.607. The predicted octanol–water partition coefficient (Wildman–Crippen LogP) is 1.16. The number of nitrogens with one attached hydrogen (secondary N) is 1. The molecule has 2 N–H and O–H groups in total. The number of aliphatic hydroxyl groups excluding tert-OH is 1. The first-order valence-electron chi connectivity index (χ1n) is 5.75. The Bertz CT molecular complexity index is 141. The first kappa shape index (κ1) is 12.0. The summed E-state index contributed by atoms with van der Waals surface area (Å²) >= 11 is 0. The summed E-state index contributed by atoms with van der Waals surface area (Å²) in [5.74, 6) is 0.901. The second-order valence-corrected chi connectivity index (χ2v) is 4.26. The van der Waals surface area contributed by atoms with Gasteiger partial charge in [0.25, 0.3) is 0 Å². The summed E-state index contributed by atoms with van der Waals surface area (Å²) in [4.78, 5) is 0. The largest absolute Gasteiger partial charge is 0.394 e. The molecule has 3 heteroatoms. The average Bonchev–Trinajstić information content (AvgIpc) is 2.58. The van der Waals surface area contributed by atoms with Gasteiger partial charge < -0.3 is 15.2 Å². The van der Waals surface area contributed by atoms with E-state index in [1.807, 2.05) is 0 Å². The van der Waals surface area contributed by atoms with E-state index in [1.54, 1.807) is 0 Å². The van der Waals surface area contributed by atoms with Crippen molar-refractivity contribution in [2.45, 2.75) is 38.6 Å². The minimum absolute atomic E-state index is 0.133. The smallest absolute Gasteiger partial charge is 0.0697 e. The van der Waals surface area contributed by atoms with Gasteiger partial charge in [-0.1, -0.05) is 6.92 Å². The lowest BCUT2D eigenvalue weighted by atomic mass is 10.1. The lowest BCUT2D eigenvalue weighted by molar-refractivity contribution is 0.0904. The Morgan fingerprint density at radius 1 is 1.36 bits per heavy atom. The van der Waals surface area contributed by atoms with Crippen molar-refractivity contribution in [3.8, 4) is 0 Å². The van der Waals surface area contributed by atoms with Crippen molar-refractivity contribution in [1.82, 2.24) is 5.32 Å². The fourth-order valence-corrected chi connectivity index (χ4v) is 2.04. The third-order valence-electron chi connectivity index (χ3n) is 2.83. The number of aliphatic hydroxyl groups is 1. The highest BCUT2D eigenvalue weighted by Crippen LogP contribution is 2.24. The van der Waals surface area contributed by atoms with Gasteiger partial charge in [-0.15, -0.1) is 0 Å². The van der Waals surface area contributed by atoms with Gasteiger partial charge in [0.15, 0.2) is 0 Å². The Labute approximate surface area is 86.8 Å². The van der Waals surface area contributed by atoms with Crippen LogP contribution in [0.5, 0.6) is 0 Å². The molecule has 0 saturated heterocycles. The van der Waals surface area contributed by atoms with Gasteiger partial charge in [0.2, 0.25) is 0 Å². The average molecular weight is 201 g/mol. The van der Waals surface area contributed by atoms with Gasteiger partial charge >= 0.3 is 0 Å². The standard InChI is InChI=1S/C11H23NO2/c1-10-3-4-11(9-10)12-5-2-7-14-8-6-13/h10-13H,2-9H2,1H3. The van der Waals surface area contributed by atoms with Crippen molar-refractivity contribution in [1.29, 1.82) is 0 Å². The molecule has 2 unspecified atom stereocenters. The molecular weight excluding hydrogens is 178 g/mol. The van der Waals surface area contributed by atoms with Crippen LogP contribution < -0.4 is 5.32 Å². The van der Waals surface area contributed by atoms with E-state index in [1.165, 1.54) is 19.3 Å². The van der Waals surface area contributed by atoms with Crippen LogP contribution in [0, 0.1) is 5.92 Å². The van der Waals surface area contributed by atoms with Crippen LogP contribution in [-0.4, -0.2) is 37.5 Å². The molecule has 0 amide bonds. The monoisotopic (exact) mass is 201 g/mol. The highest BCUT2D eigenvalue weighted by atomic mass is 16.5. The van der Waals surface area contributed by atoms with E-state index in [0.29, 0.717) is 6.61 Å². The Morgan fingerprint density at radius 2 is 2.21 bits per heavy atom. The van der Waals surface area contributed by atoms with E-state index in [4.69, 9.17) is 9.84 Å². The second kappa shape index (κ2) is 7.21. The summed E-state index contributed by atoms with van der Waals surface area (Å²) in [7, 11) is 0. The zero-order valence-corrected chi connectivity index (χ0v) is 9.17. The van der Waals surface area contributed by atoms with Crippen molar-refractivity contribution in [3.05, 3.63) is 0 Å². The van der Waals surface area contributed by atoms with E-state index in [9.17, 15) is 0 Å². The minimum atomic E-state index is 0.133. The van der Waals surface area contributed by atoms with Crippen molar-refractivity contribution in [2.24, 2.45) is 5.92 Å². The summed E-state index contributed by atoms with van der Waals surface area (Å²) in [6, 6.07) is 0.739. The molecule has 1 aliphatic rings. The molecule has 84 valence electrons. The van der Waals surface area contributed by atoms with Crippen molar-refractivity contribution in [2.75, 3.05) is 26.4 Å². The third kappa shape index (κ3) is 4.94. The Hall–Kier alpha value is -0.120. The van der Waals surface area contributed by atoms with Crippen molar-refractivity contribution < 1.29 is 9.84 Å². The SMILES string of the molecule is CC1CCC(NCCCOCCO)C1. The van der Waals surface area contributed by atoms with Crippen LogP contribution in [0.25, 0.3) is 0 Å². The van der Waals surface area contributed by atoms with Gasteiger partial charge in [-0.25, -0.2) is 0 Å². The third-order valence-corrected chi connectivity index (χ3v) is 2.83. The molecule has 1 aliphatic carbocycles. The van der Waals surface area contributed by atoms with Gasteiger partial charge in [-0.3, -0.25) is 0 Å². The molecule has 0 aliphatic heterocycles. The molecule has 1 fully saturated rings. The van der Waals surface area contributed by atoms with Crippen LogP contribution in [0.4, 0.5) is 0 Å². The Morgan fingerprint density at radius 3 is 2.86 bits per heavy atom. The molecule has 0 aromatic rings. The number of hydrogen-bond donors (Lipinski definition) is 2. The van der Waals surface area contributed by atoms with E-state index in [-0.39, 0.29) is 6.61 Å². The second-order valence-electron chi connectivity index (χ2n) is 4.26. The highest BCUT2D eigenvalue weighted by molar-refractivity contribution is 4.77. The van der Waals surface area contributed by atoms with E-state index >= 15 is 0 Å². The topological polar surface area (TPSA) is 41.5 Å². The number of hydrogen-bond acceptors (Lipinski definition) is 3. The lowest BCUT2D eigenvalue weighted by Gasteiger charge is -2.11. The normalized spacial score (nSPS) is 27.0. The Kier molecular flexibility index (Phi) is 6.15. The zero-order chi connectivity index (χ0) is 10.2. The van der Waals surface area contributed by atoms with Gasteiger partial charge in [0, 0.05) is 12.6 Å². The molecule has 0 spiro atoms. The van der Waals surface area contributed by atoms with Crippen molar-refractivity contribution in [3.63, 3.8) is 0 Å².